The second-order valence-electron chi connectivity index (χ2n) is 3.18. The zero-order valence-corrected chi connectivity index (χ0v) is 9.73. The first-order chi connectivity index (χ1) is 7.63. The van der Waals surface area contributed by atoms with Gasteiger partial charge in [-0.2, -0.15) is 5.10 Å². The van der Waals surface area contributed by atoms with Crippen LogP contribution >= 0.6 is 0 Å². The molecule has 0 amide bonds. The van der Waals surface area contributed by atoms with E-state index in [4.69, 9.17) is 0 Å². The van der Waals surface area contributed by atoms with Crippen LogP contribution in [0.4, 0.5) is 4.39 Å². The molecule has 0 N–H and O–H groups in total. The van der Waals surface area contributed by atoms with Crippen molar-refractivity contribution in [1.82, 2.24) is 14.8 Å². The minimum Gasteiger partial charge on any atom is -0.462 e. The van der Waals surface area contributed by atoms with Gasteiger partial charge in [-0.05, 0) is 6.92 Å². The van der Waals surface area contributed by atoms with E-state index >= 15 is 0 Å². The molecule has 16 heavy (non-hydrogen) atoms. The number of esters is 1. The summed E-state index contributed by atoms with van der Waals surface area (Å²) in [4.78, 5) is 15.3. The van der Waals surface area contributed by atoms with Crippen molar-refractivity contribution in [2.45, 2.75) is 39.9 Å². The third kappa shape index (κ3) is 2.56. The number of carbonyl (C=O) groups is 1. The summed E-state index contributed by atoms with van der Waals surface area (Å²) in [6.45, 7) is 5.48. The fourth-order valence-corrected chi connectivity index (χ4v) is 1.29. The molecule has 0 aliphatic heterocycles. The number of halogens is 1. The van der Waals surface area contributed by atoms with Gasteiger partial charge in [0.1, 0.15) is 5.82 Å². The first-order valence-electron chi connectivity index (χ1n) is 5.38. The van der Waals surface area contributed by atoms with E-state index < -0.39 is 12.3 Å². The molecular formula is C10H16FN3O2. The van der Waals surface area contributed by atoms with Crippen LogP contribution in [0.2, 0.25) is 0 Å². The lowest BCUT2D eigenvalue weighted by Crippen LogP contribution is -2.21. The van der Waals surface area contributed by atoms with Crippen LogP contribution in [0.1, 0.15) is 38.7 Å². The summed E-state index contributed by atoms with van der Waals surface area (Å²) >= 11 is 0. The third-order valence-corrected chi connectivity index (χ3v) is 2.07. The molecule has 0 radical (unpaired) electrons. The molecule has 1 heterocycles. The number of hydrogen-bond donors (Lipinski definition) is 0. The van der Waals surface area contributed by atoms with Crippen LogP contribution in [0.25, 0.3) is 0 Å². The van der Waals surface area contributed by atoms with Crippen LogP contribution in [0.15, 0.2) is 0 Å². The quantitative estimate of drug-likeness (QED) is 0.717. The molecular weight excluding hydrogens is 213 g/mol. The van der Waals surface area contributed by atoms with E-state index in [0.717, 1.165) is 4.68 Å². The van der Waals surface area contributed by atoms with Gasteiger partial charge in [-0.1, -0.05) is 13.8 Å². The van der Waals surface area contributed by atoms with Gasteiger partial charge in [-0.3, -0.25) is 0 Å². The molecule has 1 aromatic heterocycles. The number of carbonyl (C=O) groups excluding carboxylic acids is 1. The largest absolute Gasteiger partial charge is 0.462 e. The lowest BCUT2D eigenvalue weighted by atomic mass is 10.4. The molecule has 1 aromatic rings. The first-order valence-corrected chi connectivity index (χ1v) is 5.38. The van der Waals surface area contributed by atoms with Gasteiger partial charge in [0, 0.05) is 12.8 Å². The Balaban J connectivity index is 2.92. The smallest absolute Gasteiger partial charge is 0.363 e. The normalized spacial score (nSPS) is 12.5. The maximum atomic E-state index is 13.7. The minimum atomic E-state index is -1.90. The molecule has 1 rings (SSSR count). The van der Waals surface area contributed by atoms with Crippen LogP contribution in [-0.4, -0.2) is 27.3 Å². The van der Waals surface area contributed by atoms with Gasteiger partial charge < -0.3 is 4.74 Å². The Morgan fingerprint density at radius 2 is 2.12 bits per heavy atom. The summed E-state index contributed by atoms with van der Waals surface area (Å²) in [6.07, 6.45) is -0.773. The molecule has 0 aromatic carbocycles. The Labute approximate surface area is 93.6 Å². The Morgan fingerprint density at radius 1 is 1.44 bits per heavy atom. The molecule has 0 saturated heterocycles. The topological polar surface area (TPSA) is 57.0 Å². The molecule has 6 heteroatoms. The van der Waals surface area contributed by atoms with Gasteiger partial charge in [-0.15, -0.1) is 0 Å². The molecule has 5 nitrogen and oxygen atoms in total. The van der Waals surface area contributed by atoms with E-state index in [0.29, 0.717) is 24.5 Å². The van der Waals surface area contributed by atoms with E-state index in [1.807, 2.05) is 13.8 Å². The van der Waals surface area contributed by atoms with E-state index in [1.54, 1.807) is 6.92 Å². The Morgan fingerprint density at radius 3 is 2.62 bits per heavy atom. The zero-order valence-electron chi connectivity index (χ0n) is 9.73. The van der Waals surface area contributed by atoms with Gasteiger partial charge in [-0.25, -0.2) is 18.9 Å². The van der Waals surface area contributed by atoms with E-state index in [2.05, 4.69) is 14.8 Å². The van der Waals surface area contributed by atoms with Crippen LogP contribution in [0.5, 0.6) is 0 Å². The lowest BCUT2D eigenvalue weighted by Gasteiger charge is -2.09. The highest BCUT2D eigenvalue weighted by Gasteiger charge is 2.24. The molecule has 1 unspecified atom stereocenters. The second-order valence-corrected chi connectivity index (χ2v) is 3.18. The molecule has 0 aliphatic rings. The highest BCUT2D eigenvalue weighted by molar-refractivity contribution is 5.72. The third-order valence-electron chi connectivity index (χ3n) is 2.07. The number of aryl methyl sites for hydroxylation is 2. The van der Waals surface area contributed by atoms with Crippen molar-refractivity contribution in [3.8, 4) is 0 Å². The Kier molecular flexibility index (Phi) is 4.39. The highest BCUT2D eigenvalue weighted by atomic mass is 19.1. The van der Waals surface area contributed by atoms with Gasteiger partial charge >= 0.3 is 5.97 Å². The monoisotopic (exact) mass is 229 g/mol. The van der Waals surface area contributed by atoms with Crippen LogP contribution < -0.4 is 0 Å². The molecule has 0 aliphatic carbocycles. The average Bonchev–Trinajstić information content (AvgIpc) is 2.71. The first kappa shape index (κ1) is 12.6. The predicted molar refractivity (Wildman–Crippen MR) is 55.6 cm³/mol. The van der Waals surface area contributed by atoms with Crippen LogP contribution in [0.3, 0.4) is 0 Å². The molecule has 0 bridgehead atoms. The fraction of sp³-hybridized carbons (Fsp3) is 0.700. The predicted octanol–water partition coefficient (Wildman–Crippen LogP) is 1.43. The maximum absolute atomic E-state index is 13.7. The highest BCUT2D eigenvalue weighted by Crippen LogP contribution is 2.13. The summed E-state index contributed by atoms with van der Waals surface area (Å²) in [7, 11) is 0. The zero-order chi connectivity index (χ0) is 12.1. The number of alkyl halides is 1. The van der Waals surface area contributed by atoms with Crippen LogP contribution in [0, 0.1) is 0 Å². The van der Waals surface area contributed by atoms with Gasteiger partial charge in [0.2, 0.25) is 0 Å². The summed E-state index contributed by atoms with van der Waals surface area (Å²) in [5, 5.41) is 3.93. The standard InChI is InChI=1S/C10H16FN3O2/c1-4-7-12-8(5-2)14(13-7)9(11)10(15)16-6-3/h9H,4-6H2,1-3H3. The van der Waals surface area contributed by atoms with Crippen molar-refractivity contribution in [2.24, 2.45) is 0 Å². The number of nitrogens with zero attached hydrogens (tertiary/aromatic N) is 3. The fourth-order valence-electron chi connectivity index (χ4n) is 1.29. The number of rotatable bonds is 5. The van der Waals surface area contributed by atoms with Crippen molar-refractivity contribution in [3.05, 3.63) is 11.6 Å². The minimum absolute atomic E-state index is 0.149. The maximum Gasteiger partial charge on any atom is 0.363 e. The van der Waals surface area contributed by atoms with Gasteiger partial charge in [0.25, 0.3) is 6.30 Å². The number of hydrogen-bond acceptors (Lipinski definition) is 4. The van der Waals surface area contributed by atoms with Crippen molar-refractivity contribution in [3.63, 3.8) is 0 Å². The Bertz CT molecular complexity index is 365. The molecule has 90 valence electrons. The van der Waals surface area contributed by atoms with Crippen LogP contribution in [-0.2, 0) is 22.4 Å². The molecule has 0 spiro atoms. The number of aromatic nitrogens is 3. The van der Waals surface area contributed by atoms with E-state index in [9.17, 15) is 9.18 Å². The second kappa shape index (κ2) is 5.58. The summed E-state index contributed by atoms with van der Waals surface area (Å²) in [5.74, 6) is 0.0611. The summed E-state index contributed by atoms with van der Waals surface area (Å²) < 4.78 is 19.3. The van der Waals surface area contributed by atoms with Crippen molar-refractivity contribution < 1.29 is 13.9 Å². The molecule has 1 atom stereocenters. The number of ether oxygens (including phenoxy) is 1. The average molecular weight is 229 g/mol. The molecule has 0 saturated carbocycles. The van der Waals surface area contributed by atoms with Gasteiger partial charge in [0.15, 0.2) is 5.82 Å². The summed E-state index contributed by atoms with van der Waals surface area (Å²) in [5.41, 5.74) is 0. The van der Waals surface area contributed by atoms with Gasteiger partial charge in [0.05, 0.1) is 6.61 Å². The SMILES string of the molecule is CCOC(=O)C(F)n1nc(CC)nc1CC. The van der Waals surface area contributed by atoms with E-state index in [-0.39, 0.29) is 6.61 Å². The lowest BCUT2D eigenvalue weighted by molar-refractivity contribution is -0.153. The van der Waals surface area contributed by atoms with Crippen molar-refractivity contribution in [1.29, 1.82) is 0 Å². The molecule has 0 fully saturated rings. The Hall–Kier alpha value is -1.46. The van der Waals surface area contributed by atoms with E-state index in [1.165, 1.54) is 0 Å². The van der Waals surface area contributed by atoms with Crippen molar-refractivity contribution >= 4 is 5.97 Å². The van der Waals surface area contributed by atoms with Crippen molar-refractivity contribution in [2.75, 3.05) is 6.61 Å². The summed E-state index contributed by atoms with van der Waals surface area (Å²) in [6, 6.07) is 0.